The van der Waals surface area contributed by atoms with Gasteiger partial charge in [-0.05, 0) is 40.5 Å². The molecule has 2 rings (SSSR count). The summed E-state index contributed by atoms with van der Waals surface area (Å²) in [7, 11) is 0. The lowest BCUT2D eigenvalue weighted by molar-refractivity contribution is -0.141. The topological polar surface area (TPSA) is 49.9 Å². The van der Waals surface area contributed by atoms with E-state index in [-0.39, 0.29) is 24.0 Å². The van der Waals surface area contributed by atoms with E-state index >= 15 is 0 Å². The van der Waals surface area contributed by atoms with Crippen molar-refractivity contribution in [2.45, 2.75) is 85.3 Å². The highest BCUT2D eigenvalue weighted by Gasteiger charge is 2.34. The highest BCUT2D eigenvalue weighted by molar-refractivity contribution is 5.79. The van der Waals surface area contributed by atoms with Gasteiger partial charge in [0.15, 0.2) is 0 Å². The fraction of sp³-hybridized carbons (Fsp3) is 0.895. The number of amides is 2. The molecule has 1 saturated carbocycles. The second-order valence-electron chi connectivity index (χ2n) is 7.64. The highest BCUT2D eigenvalue weighted by Crippen LogP contribution is 2.27. The fourth-order valence-corrected chi connectivity index (χ4v) is 3.36. The summed E-state index contributed by atoms with van der Waals surface area (Å²) in [4.78, 5) is 28.5. The number of carbonyl (C=O) groups excluding carboxylic acids is 2. The van der Waals surface area contributed by atoms with Crippen LogP contribution in [0, 0.1) is 5.92 Å². The van der Waals surface area contributed by atoms with Gasteiger partial charge in [0.1, 0.15) is 5.60 Å². The van der Waals surface area contributed by atoms with Crippen LogP contribution < -0.4 is 0 Å². The van der Waals surface area contributed by atoms with E-state index in [0.29, 0.717) is 19.6 Å². The Morgan fingerprint density at radius 2 is 1.58 bits per heavy atom. The van der Waals surface area contributed by atoms with Crippen molar-refractivity contribution in [2.75, 3.05) is 19.6 Å². The first kappa shape index (κ1) is 20.8. The van der Waals surface area contributed by atoms with E-state index in [0.717, 1.165) is 12.8 Å². The minimum Gasteiger partial charge on any atom is -0.444 e. The van der Waals surface area contributed by atoms with Gasteiger partial charge in [-0.2, -0.15) is 0 Å². The van der Waals surface area contributed by atoms with Gasteiger partial charge in [-0.3, -0.25) is 4.79 Å². The number of nitrogens with zero attached hydrogens (tertiary/aromatic N) is 2. The Morgan fingerprint density at radius 3 is 2.08 bits per heavy atom. The maximum absolute atomic E-state index is 12.7. The van der Waals surface area contributed by atoms with Crippen molar-refractivity contribution < 1.29 is 14.3 Å². The first-order valence-corrected chi connectivity index (χ1v) is 9.56. The molecule has 1 saturated heterocycles. The van der Waals surface area contributed by atoms with Crippen molar-refractivity contribution in [3.63, 3.8) is 0 Å². The molecule has 2 amide bonds. The summed E-state index contributed by atoms with van der Waals surface area (Å²) in [5, 5.41) is 0. The molecule has 0 aromatic heterocycles. The van der Waals surface area contributed by atoms with Gasteiger partial charge < -0.3 is 14.5 Å². The Labute approximate surface area is 147 Å². The lowest BCUT2D eigenvalue weighted by atomic mass is 9.88. The molecule has 0 radical (unpaired) electrons. The molecule has 0 spiro atoms. The summed E-state index contributed by atoms with van der Waals surface area (Å²) in [6.07, 6.45) is 5.37. The van der Waals surface area contributed by atoms with Crippen molar-refractivity contribution in [3.05, 3.63) is 0 Å². The number of rotatable bonds is 1. The van der Waals surface area contributed by atoms with Crippen LogP contribution in [0.15, 0.2) is 0 Å². The van der Waals surface area contributed by atoms with Gasteiger partial charge in [0.05, 0.1) is 0 Å². The first-order valence-electron chi connectivity index (χ1n) is 9.56. The zero-order chi connectivity index (χ0) is 18.3. The van der Waals surface area contributed by atoms with Crippen molar-refractivity contribution in [1.82, 2.24) is 9.80 Å². The standard InChI is InChI=1S/C17H30N2O3.C2H6/c1-13-12-18(16(21)22-17(2,3)4)10-11-19(13)15(20)14-8-6-5-7-9-14;1-2/h13-14H,5-12H2,1-4H3;1-2H3/t13-;/m1./s1. The molecule has 1 atom stereocenters. The Bertz CT molecular complexity index is 411. The summed E-state index contributed by atoms with van der Waals surface area (Å²) in [5.74, 6) is 0.486. The van der Waals surface area contributed by atoms with Crippen LogP contribution in [-0.4, -0.2) is 53.1 Å². The van der Waals surface area contributed by atoms with Gasteiger partial charge in [-0.15, -0.1) is 0 Å². The Balaban J connectivity index is 0.00000139. The third-order valence-corrected chi connectivity index (χ3v) is 4.52. The molecule has 140 valence electrons. The van der Waals surface area contributed by atoms with Gasteiger partial charge in [0, 0.05) is 31.6 Å². The molecule has 2 aliphatic rings. The maximum atomic E-state index is 12.7. The van der Waals surface area contributed by atoms with Crippen LogP contribution in [-0.2, 0) is 9.53 Å². The van der Waals surface area contributed by atoms with Crippen molar-refractivity contribution in [3.8, 4) is 0 Å². The number of hydrogen-bond donors (Lipinski definition) is 0. The van der Waals surface area contributed by atoms with Gasteiger partial charge in [0.2, 0.25) is 5.91 Å². The van der Waals surface area contributed by atoms with E-state index in [1.165, 1.54) is 19.3 Å². The largest absolute Gasteiger partial charge is 0.444 e. The van der Waals surface area contributed by atoms with E-state index in [1.807, 2.05) is 46.4 Å². The van der Waals surface area contributed by atoms with Crippen LogP contribution in [0.4, 0.5) is 4.79 Å². The molecule has 1 heterocycles. The smallest absolute Gasteiger partial charge is 0.410 e. The summed E-state index contributed by atoms with van der Waals surface area (Å²) >= 11 is 0. The molecule has 5 heteroatoms. The van der Waals surface area contributed by atoms with Crippen LogP contribution in [0.25, 0.3) is 0 Å². The molecular formula is C19H36N2O3. The average Bonchev–Trinajstić information content (AvgIpc) is 2.55. The minimum atomic E-state index is -0.477. The molecule has 1 aliphatic heterocycles. The van der Waals surface area contributed by atoms with E-state index in [2.05, 4.69) is 0 Å². The lowest BCUT2D eigenvalue weighted by Crippen LogP contribution is -2.57. The molecule has 24 heavy (non-hydrogen) atoms. The summed E-state index contributed by atoms with van der Waals surface area (Å²) in [6.45, 7) is 13.4. The number of carbonyl (C=O) groups is 2. The average molecular weight is 341 g/mol. The van der Waals surface area contributed by atoms with E-state index in [4.69, 9.17) is 4.74 Å². The normalized spacial score (nSPS) is 22.5. The van der Waals surface area contributed by atoms with E-state index in [1.54, 1.807) is 4.90 Å². The molecular weight excluding hydrogens is 304 g/mol. The van der Waals surface area contributed by atoms with Crippen LogP contribution in [0.5, 0.6) is 0 Å². The van der Waals surface area contributed by atoms with Crippen LogP contribution in [0.1, 0.15) is 73.6 Å². The van der Waals surface area contributed by atoms with Crippen LogP contribution in [0.3, 0.4) is 0 Å². The molecule has 5 nitrogen and oxygen atoms in total. The molecule has 0 unspecified atom stereocenters. The third-order valence-electron chi connectivity index (χ3n) is 4.52. The maximum Gasteiger partial charge on any atom is 0.410 e. The SMILES string of the molecule is CC.C[C@@H]1CN(C(=O)OC(C)(C)C)CCN1C(=O)C1CCCCC1. The zero-order valence-corrected chi connectivity index (χ0v) is 16.4. The number of hydrogen-bond acceptors (Lipinski definition) is 3. The van der Waals surface area contributed by atoms with Crippen LogP contribution in [0.2, 0.25) is 0 Å². The Morgan fingerprint density at radius 1 is 1.00 bits per heavy atom. The van der Waals surface area contributed by atoms with E-state index < -0.39 is 5.60 Å². The summed E-state index contributed by atoms with van der Waals surface area (Å²) in [6, 6.07) is 0.0655. The Kier molecular flexibility index (Phi) is 8.04. The molecule has 0 aromatic rings. The summed E-state index contributed by atoms with van der Waals surface area (Å²) < 4.78 is 5.42. The van der Waals surface area contributed by atoms with Gasteiger partial charge in [-0.1, -0.05) is 33.1 Å². The quantitative estimate of drug-likeness (QED) is 0.723. The van der Waals surface area contributed by atoms with Crippen LogP contribution >= 0.6 is 0 Å². The minimum absolute atomic E-state index is 0.0655. The zero-order valence-electron chi connectivity index (χ0n) is 16.4. The number of piperazine rings is 1. The fourth-order valence-electron chi connectivity index (χ4n) is 3.36. The first-order chi connectivity index (χ1) is 11.3. The Hall–Kier alpha value is -1.26. The molecule has 2 fully saturated rings. The van der Waals surface area contributed by atoms with Gasteiger partial charge in [0.25, 0.3) is 0 Å². The van der Waals surface area contributed by atoms with Crippen molar-refractivity contribution in [1.29, 1.82) is 0 Å². The lowest BCUT2D eigenvalue weighted by Gasteiger charge is -2.41. The van der Waals surface area contributed by atoms with Crippen molar-refractivity contribution >= 4 is 12.0 Å². The predicted octanol–water partition coefficient (Wildman–Crippen LogP) is 4.06. The molecule has 0 aromatic carbocycles. The number of ether oxygens (including phenoxy) is 1. The summed E-state index contributed by atoms with van der Waals surface area (Å²) in [5.41, 5.74) is -0.477. The third kappa shape index (κ3) is 5.99. The van der Waals surface area contributed by atoms with Crippen molar-refractivity contribution in [2.24, 2.45) is 5.92 Å². The second kappa shape index (κ2) is 9.28. The molecule has 0 bridgehead atoms. The second-order valence-corrected chi connectivity index (χ2v) is 7.64. The highest BCUT2D eigenvalue weighted by atomic mass is 16.6. The molecule has 0 N–H and O–H groups in total. The van der Waals surface area contributed by atoms with Gasteiger partial charge in [-0.25, -0.2) is 4.79 Å². The predicted molar refractivity (Wildman–Crippen MR) is 96.9 cm³/mol. The molecule has 1 aliphatic carbocycles. The van der Waals surface area contributed by atoms with Gasteiger partial charge >= 0.3 is 6.09 Å². The van der Waals surface area contributed by atoms with E-state index in [9.17, 15) is 9.59 Å². The monoisotopic (exact) mass is 340 g/mol.